The number of carbonyl (C=O) groups excluding carboxylic acids is 5. The van der Waals surface area contributed by atoms with Gasteiger partial charge in [0.2, 0.25) is 23.6 Å². The Morgan fingerprint density at radius 2 is 1.11 bits per heavy atom. The quantitative estimate of drug-likeness (QED) is 0.0114. The number of carboxylic acids is 3. The summed E-state index contributed by atoms with van der Waals surface area (Å²) in [5.74, 6) is -4.23. The van der Waals surface area contributed by atoms with Crippen LogP contribution in [0.25, 0.3) is 0 Å². The molecule has 30 nitrogen and oxygen atoms in total. The number of benzene rings is 3. The molecular weight excluding hydrogens is 1170 g/mol. The maximum Gasteiger partial charge on any atom is 0.321 e. The molecule has 90 heavy (non-hydrogen) atoms. The van der Waals surface area contributed by atoms with Crippen LogP contribution in [0.15, 0.2) is 87.4 Å². The van der Waals surface area contributed by atoms with Gasteiger partial charge in [0.1, 0.15) is 35.0 Å². The Morgan fingerprint density at radius 1 is 0.600 bits per heavy atom. The van der Waals surface area contributed by atoms with Gasteiger partial charge in [0.15, 0.2) is 5.96 Å². The van der Waals surface area contributed by atoms with Gasteiger partial charge in [0.05, 0.1) is 32.8 Å². The molecule has 2 heterocycles. The molecule has 6 rings (SSSR count). The maximum absolute atomic E-state index is 14.7. The monoisotopic (exact) mass is 1250 g/mol. The third-order valence-electron chi connectivity index (χ3n) is 14.9. The molecule has 0 aromatic heterocycles. The molecule has 1 fully saturated rings. The van der Waals surface area contributed by atoms with Crippen molar-refractivity contribution in [1.82, 2.24) is 56.4 Å². The fourth-order valence-electron chi connectivity index (χ4n) is 10.1. The van der Waals surface area contributed by atoms with E-state index in [2.05, 4.69) is 47.5 Å². The number of carboxylic acid groups (broad SMARTS) is 3. The van der Waals surface area contributed by atoms with Gasteiger partial charge in [0.25, 0.3) is 10.9 Å². The minimum Gasteiger partial charge on any atom is -0.508 e. The molecule has 14 N–H and O–H groups in total. The van der Waals surface area contributed by atoms with Gasteiger partial charge in [-0.1, -0.05) is 55.5 Å². The molecule has 2 aliphatic heterocycles. The number of hydrogen-bond acceptors (Lipinski definition) is 20. The van der Waals surface area contributed by atoms with E-state index in [9.17, 15) is 68.4 Å². The minimum absolute atomic E-state index is 0.0672. The van der Waals surface area contributed by atoms with E-state index in [0.29, 0.717) is 37.2 Å². The lowest BCUT2D eigenvalue weighted by atomic mass is 10.0. The maximum atomic E-state index is 14.7. The van der Waals surface area contributed by atoms with E-state index in [4.69, 9.17) is 10.5 Å². The van der Waals surface area contributed by atoms with Crippen LogP contribution in [0.3, 0.4) is 0 Å². The second kappa shape index (κ2) is 36.3. The number of aliphatic carboxylic acids is 3. The van der Waals surface area contributed by atoms with E-state index in [1.807, 2.05) is 29.2 Å². The van der Waals surface area contributed by atoms with Crippen molar-refractivity contribution < 1.29 is 63.5 Å². The second-order valence-electron chi connectivity index (χ2n) is 21.7. The summed E-state index contributed by atoms with van der Waals surface area (Å²) in [5, 5.41) is 60.5. The van der Waals surface area contributed by atoms with Crippen molar-refractivity contribution in [3.05, 3.63) is 115 Å². The number of phenols is 1. The number of ether oxygens (including phenoxy) is 1. The number of nitrogens with two attached hydrogens (primary N) is 1. The molecule has 488 valence electrons. The number of rotatable bonds is 33. The van der Waals surface area contributed by atoms with Gasteiger partial charge in [-0.05, 0) is 65.8 Å². The summed E-state index contributed by atoms with van der Waals surface area (Å²) in [4.78, 5) is 139. The largest absolute Gasteiger partial charge is 0.508 e. The SMILES string of the molecule is CCC(=O)NCCNC(=O)NC(N)=NCCC[C@@H](NC(=O)[C@H](c1ccc(OCCCNc2c(NCCNC(=O)CN3CCN(CC(=O)O)CCN(CC(=O)O)CCN(CC(=O)O)CC3)c(=O)c2=O)cc1)N1Cc2ccccc2C1)C(=O)NCc1ccc(O)cc1. The van der Waals surface area contributed by atoms with Crippen LogP contribution in [0.2, 0.25) is 0 Å². The van der Waals surface area contributed by atoms with Crippen molar-refractivity contribution in [2.75, 3.05) is 135 Å². The summed E-state index contributed by atoms with van der Waals surface area (Å²) >= 11 is 0. The van der Waals surface area contributed by atoms with E-state index in [-0.39, 0.29) is 179 Å². The molecule has 0 saturated carbocycles. The Morgan fingerprint density at radius 3 is 1.66 bits per heavy atom. The van der Waals surface area contributed by atoms with E-state index in [1.165, 1.54) is 12.1 Å². The fraction of sp³-hybridized carbons (Fsp3) is 0.483. The number of anilines is 2. The van der Waals surface area contributed by atoms with Gasteiger partial charge in [-0.2, -0.15) is 0 Å². The number of phenolic OH excluding ortho intramolecular Hbond substituents is 1. The first kappa shape index (κ1) is 69.9. The predicted octanol–water partition coefficient (Wildman–Crippen LogP) is -1.35. The highest BCUT2D eigenvalue weighted by Crippen LogP contribution is 2.33. The molecule has 0 aliphatic carbocycles. The summed E-state index contributed by atoms with van der Waals surface area (Å²) in [7, 11) is 0. The van der Waals surface area contributed by atoms with Crippen molar-refractivity contribution in [2.45, 2.75) is 64.3 Å². The summed E-state index contributed by atoms with van der Waals surface area (Å²) in [5.41, 5.74) is 8.19. The van der Waals surface area contributed by atoms with E-state index in [0.717, 1.165) is 16.7 Å². The molecule has 4 aromatic rings. The highest BCUT2D eigenvalue weighted by Gasteiger charge is 2.35. The molecule has 4 aromatic carbocycles. The number of aliphatic imine (C=N–C) groups is 1. The van der Waals surface area contributed by atoms with E-state index >= 15 is 0 Å². The number of hydrogen-bond donors (Lipinski definition) is 13. The van der Waals surface area contributed by atoms with Crippen molar-refractivity contribution in [2.24, 2.45) is 10.7 Å². The van der Waals surface area contributed by atoms with Crippen LogP contribution in [-0.4, -0.2) is 229 Å². The van der Waals surface area contributed by atoms with Gasteiger partial charge in [-0.25, -0.2) is 4.79 Å². The molecule has 2 atom stereocenters. The van der Waals surface area contributed by atoms with Crippen LogP contribution in [0.4, 0.5) is 16.2 Å². The Labute approximate surface area is 520 Å². The first-order valence-electron chi connectivity index (χ1n) is 29.9. The highest BCUT2D eigenvalue weighted by molar-refractivity contribution is 5.95. The number of carbonyl (C=O) groups is 8. The lowest BCUT2D eigenvalue weighted by Gasteiger charge is -2.32. The molecule has 0 bridgehead atoms. The Kier molecular flexibility index (Phi) is 28.2. The van der Waals surface area contributed by atoms with Crippen LogP contribution in [0.5, 0.6) is 11.5 Å². The van der Waals surface area contributed by atoms with Crippen molar-refractivity contribution >= 4 is 64.9 Å². The lowest BCUT2D eigenvalue weighted by Crippen LogP contribution is -2.50. The van der Waals surface area contributed by atoms with Crippen LogP contribution in [0, 0.1) is 0 Å². The zero-order valence-electron chi connectivity index (χ0n) is 50.5. The molecule has 0 radical (unpaired) electrons. The third-order valence-corrected chi connectivity index (χ3v) is 14.9. The molecule has 2 aliphatic rings. The molecule has 6 amide bonds. The molecule has 1 saturated heterocycles. The zero-order chi connectivity index (χ0) is 65.0. The van der Waals surface area contributed by atoms with E-state index < -0.39 is 58.7 Å². The molecule has 30 heteroatoms. The zero-order valence-corrected chi connectivity index (χ0v) is 50.5. The lowest BCUT2D eigenvalue weighted by molar-refractivity contribution is -0.140. The van der Waals surface area contributed by atoms with Crippen molar-refractivity contribution in [3.8, 4) is 11.5 Å². The summed E-state index contributed by atoms with van der Waals surface area (Å²) in [6, 6.07) is 18.7. The number of nitrogens with zero attached hydrogens (tertiary/aromatic N) is 6. The standard InChI is InChI=1S/C60H83N15O15/c1-2-47(77)62-21-23-67-60(89)70-59(61)66-18-5-9-46(57(87)68-33-40-10-14-44(76)15-11-40)69-58(88)54(75-34-42-7-3-4-8-43(42)35-75)41-12-16-45(17-13-41)90-32-6-19-64-52-53(56(86)55(52)85)65-22-20-63-48(78)36-71-24-26-72(37-49(79)80)28-30-74(39-51(83)84)31-29-73(27-25-71)38-50(81)82/h3-4,7-8,10-17,46,54,64-65,76H,2,5-6,9,18-39H2,1H3,(H,62,77)(H,63,78)(H,68,87)(H,69,88)(H,79,80)(H,81,82)(H,83,84)(H4,61,66,67,70,89)/t46-,54+/m1/s1. The van der Waals surface area contributed by atoms with E-state index in [1.54, 1.807) is 62.9 Å². The average Bonchev–Trinajstić information content (AvgIpc) is 1.90. The minimum atomic E-state index is -1.07. The van der Waals surface area contributed by atoms with Gasteiger partial charge >= 0.3 is 23.9 Å². The third kappa shape index (κ3) is 23.7. The predicted molar refractivity (Wildman–Crippen MR) is 332 cm³/mol. The normalized spacial score (nSPS) is 15.4. The number of fused-ring (bicyclic) bond motifs is 1. The summed E-state index contributed by atoms with van der Waals surface area (Å²) in [6.45, 7) is 4.82. The number of aromatic hydroxyl groups is 1. The van der Waals surface area contributed by atoms with Gasteiger partial charge in [-0.15, -0.1) is 0 Å². The van der Waals surface area contributed by atoms with Crippen LogP contribution >= 0.6 is 0 Å². The molecular formula is C60H83N15O15. The van der Waals surface area contributed by atoms with Gasteiger partial charge in [-0.3, -0.25) is 78.0 Å². The summed E-state index contributed by atoms with van der Waals surface area (Å²) in [6.07, 6.45) is 1.15. The molecule has 0 unspecified atom stereocenters. The summed E-state index contributed by atoms with van der Waals surface area (Å²) < 4.78 is 6.05. The first-order chi connectivity index (χ1) is 43.2. The Hall–Kier alpha value is -9.23. The average molecular weight is 1250 g/mol. The topological polar surface area (TPSA) is 412 Å². The van der Waals surface area contributed by atoms with Crippen molar-refractivity contribution in [3.63, 3.8) is 0 Å². The van der Waals surface area contributed by atoms with Crippen LogP contribution in [0.1, 0.15) is 60.9 Å². The smallest absolute Gasteiger partial charge is 0.321 e. The number of nitrogens with one attached hydrogen (secondary N) is 8. The Bertz CT molecular complexity index is 3100. The number of amides is 6. The highest BCUT2D eigenvalue weighted by atomic mass is 16.5. The van der Waals surface area contributed by atoms with Gasteiger partial charge in [0, 0.05) is 118 Å². The molecule has 0 spiro atoms. The second-order valence-corrected chi connectivity index (χ2v) is 21.7. The van der Waals surface area contributed by atoms with Crippen LogP contribution < -0.4 is 63.9 Å². The van der Waals surface area contributed by atoms with Gasteiger partial charge < -0.3 is 68.1 Å². The van der Waals surface area contributed by atoms with Crippen LogP contribution in [-0.2, 0) is 53.2 Å². The van der Waals surface area contributed by atoms with Crippen molar-refractivity contribution in [1.29, 1.82) is 0 Å². The Balaban J connectivity index is 1.00. The number of guanidine groups is 1. The number of urea groups is 1. The first-order valence-corrected chi connectivity index (χ1v) is 29.9. The fourth-order valence-corrected chi connectivity index (χ4v) is 10.1.